The van der Waals surface area contributed by atoms with Crippen molar-refractivity contribution in [1.82, 2.24) is 4.90 Å². The van der Waals surface area contributed by atoms with Gasteiger partial charge in [0.25, 0.3) is 0 Å². The van der Waals surface area contributed by atoms with Crippen molar-refractivity contribution in [2.75, 3.05) is 14.1 Å². The molecule has 8 heteroatoms. The van der Waals surface area contributed by atoms with Gasteiger partial charge in [0.15, 0.2) is 9.73 Å². The van der Waals surface area contributed by atoms with Crippen LogP contribution in [0.15, 0.2) is 39.6 Å². The maximum Gasteiger partial charge on any atom is 0.484 e. The van der Waals surface area contributed by atoms with Gasteiger partial charge in [-0.25, -0.2) is 4.21 Å². The van der Waals surface area contributed by atoms with Crippen molar-refractivity contribution in [3.05, 3.63) is 30.3 Å². The van der Waals surface area contributed by atoms with Crippen LogP contribution in [0, 0.1) is 0 Å². The molecular weight excluding hydrogens is 285 g/mol. The summed E-state index contributed by atoms with van der Waals surface area (Å²) >= 11 is 4.68. The van der Waals surface area contributed by atoms with Crippen molar-refractivity contribution in [3.63, 3.8) is 0 Å². The Balaban J connectivity index is 3.49. The van der Waals surface area contributed by atoms with Crippen LogP contribution in [0.4, 0.5) is 13.2 Å². The maximum absolute atomic E-state index is 13.0. The van der Waals surface area contributed by atoms with E-state index in [2.05, 4.69) is 16.6 Å². The number of hydrogen-bond acceptors (Lipinski definition) is 2. The number of rotatable bonds is 1. The topological polar surface area (TPSA) is 32.7 Å². The van der Waals surface area contributed by atoms with Crippen molar-refractivity contribution in [3.8, 4) is 0 Å². The highest BCUT2D eigenvalue weighted by atomic mass is 32.2. The number of hydrogen-bond donors (Lipinski definition) is 0. The van der Waals surface area contributed by atoms with E-state index in [9.17, 15) is 17.4 Å². The van der Waals surface area contributed by atoms with E-state index in [-0.39, 0.29) is 5.11 Å². The molecule has 0 aromatic heterocycles. The second-order valence-corrected chi connectivity index (χ2v) is 6.09. The fraction of sp³-hybridized carbons (Fsp3) is 0.300. The maximum atomic E-state index is 13.0. The summed E-state index contributed by atoms with van der Waals surface area (Å²) in [7, 11) is -1.71. The Bertz CT molecular complexity index is 546. The van der Waals surface area contributed by atoms with Gasteiger partial charge < -0.3 is 4.90 Å². The summed E-state index contributed by atoms with van der Waals surface area (Å²) in [5.74, 6) is 0. The van der Waals surface area contributed by atoms with E-state index in [0.717, 1.165) is 12.1 Å². The minimum atomic E-state index is -4.98. The SMILES string of the molecule is CN(C)C(=S)N=S(=O)(c1ccccc1)C(F)(F)F. The monoisotopic (exact) mass is 296 g/mol. The average molecular weight is 296 g/mol. The highest BCUT2D eigenvalue weighted by Crippen LogP contribution is 2.32. The second-order valence-electron chi connectivity index (χ2n) is 3.55. The lowest BCUT2D eigenvalue weighted by Gasteiger charge is -2.16. The van der Waals surface area contributed by atoms with E-state index < -0.39 is 20.1 Å². The molecule has 0 heterocycles. The van der Waals surface area contributed by atoms with Gasteiger partial charge >= 0.3 is 5.51 Å². The Morgan fingerprint density at radius 1 is 1.28 bits per heavy atom. The van der Waals surface area contributed by atoms with Crippen LogP contribution >= 0.6 is 12.2 Å². The molecule has 0 fully saturated rings. The molecule has 100 valence electrons. The van der Waals surface area contributed by atoms with E-state index in [0.29, 0.717) is 0 Å². The molecule has 0 amide bonds. The summed E-state index contributed by atoms with van der Waals surface area (Å²) < 4.78 is 54.2. The van der Waals surface area contributed by atoms with Gasteiger partial charge in [0.1, 0.15) is 0 Å². The Labute approximate surface area is 109 Å². The van der Waals surface area contributed by atoms with E-state index in [1.165, 1.54) is 37.2 Å². The third kappa shape index (κ3) is 2.99. The number of halogens is 3. The number of benzene rings is 1. The minimum absolute atomic E-state index is 0.360. The lowest BCUT2D eigenvalue weighted by Crippen LogP contribution is -2.27. The van der Waals surface area contributed by atoms with E-state index in [4.69, 9.17) is 0 Å². The predicted molar refractivity (Wildman–Crippen MR) is 67.6 cm³/mol. The zero-order chi connectivity index (χ0) is 14.0. The first kappa shape index (κ1) is 14.9. The molecule has 18 heavy (non-hydrogen) atoms. The first-order valence-electron chi connectivity index (χ1n) is 4.78. The van der Waals surface area contributed by atoms with Crippen molar-refractivity contribution >= 4 is 27.1 Å². The Kier molecular flexibility index (Phi) is 4.33. The zero-order valence-electron chi connectivity index (χ0n) is 9.64. The first-order chi connectivity index (χ1) is 8.18. The molecule has 0 N–H and O–H groups in total. The fourth-order valence-corrected chi connectivity index (χ4v) is 2.74. The van der Waals surface area contributed by atoms with Crippen LogP contribution in [-0.4, -0.2) is 33.8 Å². The molecule has 3 nitrogen and oxygen atoms in total. The van der Waals surface area contributed by atoms with Gasteiger partial charge in [-0.3, -0.25) is 0 Å². The smallest absolute Gasteiger partial charge is 0.353 e. The lowest BCUT2D eigenvalue weighted by atomic mass is 10.4. The molecule has 1 aromatic carbocycles. The van der Waals surface area contributed by atoms with Gasteiger partial charge in [0, 0.05) is 14.1 Å². The quantitative estimate of drug-likeness (QED) is 0.747. The zero-order valence-corrected chi connectivity index (χ0v) is 11.3. The summed E-state index contributed by atoms with van der Waals surface area (Å²) in [6.45, 7) is 0. The van der Waals surface area contributed by atoms with Gasteiger partial charge in [-0.2, -0.15) is 17.5 Å². The average Bonchev–Trinajstić information content (AvgIpc) is 2.28. The van der Waals surface area contributed by atoms with Crippen molar-refractivity contribution < 1.29 is 17.4 Å². The normalized spacial score (nSPS) is 14.7. The summed E-state index contributed by atoms with van der Waals surface area (Å²) in [6, 6.07) is 6.52. The minimum Gasteiger partial charge on any atom is -0.353 e. The van der Waals surface area contributed by atoms with Crippen LogP contribution in [0.2, 0.25) is 0 Å². The largest absolute Gasteiger partial charge is 0.484 e. The van der Waals surface area contributed by atoms with E-state index in [1.807, 2.05) is 0 Å². The van der Waals surface area contributed by atoms with Crippen molar-refractivity contribution in [1.29, 1.82) is 0 Å². The molecule has 0 aliphatic carbocycles. The molecule has 1 aromatic rings. The molecular formula is C10H11F3N2OS2. The van der Waals surface area contributed by atoms with Crippen molar-refractivity contribution in [2.24, 2.45) is 4.36 Å². The molecule has 0 spiro atoms. The standard InChI is InChI=1S/C10H11F3N2OS2/c1-15(2)9(17)14-18(16,10(11,12)13)8-6-4-3-5-7-8/h3-7H,1-2H3. The Morgan fingerprint density at radius 2 is 1.78 bits per heavy atom. The van der Waals surface area contributed by atoms with Crippen LogP contribution in [0.25, 0.3) is 0 Å². The van der Waals surface area contributed by atoms with E-state index in [1.54, 1.807) is 0 Å². The lowest BCUT2D eigenvalue weighted by molar-refractivity contribution is -0.0402. The van der Waals surface area contributed by atoms with Crippen LogP contribution in [-0.2, 0) is 9.73 Å². The number of nitrogens with zero attached hydrogens (tertiary/aromatic N) is 2. The summed E-state index contributed by atoms with van der Waals surface area (Å²) in [6.07, 6.45) is 0. The van der Waals surface area contributed by atoms with Gasteiger partial charge in [0.05, 0.1) is 4.90 Å². The molecule has 1 atom stereocenters. The molecule has 0 aliphatic rings. The van der Waals surface area contributed by atoms with Crippen molar-refractivity contribution in [2.45, 2.75) is 10.4 Å². The molecule has 0 saturated carbocycles. The first-order valence-corrected chi connectivity index (χ1v) is 6.70. The van der Waals surface area contributed by atoms with Gasteiger partial charge in [0.2, 0.25) is 5.11 Å². The number of alkyl halides is 3. The molecule has 0 bridgehead atoms. The van der Waals surface area contributed by atoms with Crippen LogP contribution in [0.1, 0.15) is 0 Å². The second kappa shape index (κ2) is 5.23. The molecule has 1 rings (SSSR count). The summed E-state index contributed by atoms with van der Waals surface area (Å²) in [4.78, 5) is 0.797. The van der Waals surface area contributed by atoms with Gasteiger partial charge in [-0.15, -0.1) is 0 Å². The predicted octanol–water partition coefficient (Wildman–Crippen LogP) is 2.88. The summed E-state index contributed by atoms with van der Waals surface area (Å²) in [5.41, 5.74) is -4.98. The van der Waals surface area contributed by atoms with Crippen LogP contribution in [0.3, 0.4) is 0 Å². The van der Waals surface area contributed by atoms with Crippen LogP contribution in [0.5, 0.6) is 0 Å². The number of thiocarbonyl (C=S) groups is 1. The summed E-state index contributed by atoms with van der Waals surface area (Å²) in [5, 5.41) is -0.360. The molecule has 0 saturated heterocycles. The molecule has 1 unspecified atom stereocenters. The Hall–Kier alpha value is -1.15. The highest BCUT2D eigenvalue weighted by Gasteiger charge is 2.45. The van der Waals surface area contributed by atoms with E-state index >= 15 is 0 Å². The third-order valence-corrected chi connectivity index (χ3v) is 4.51. The molecule has 0 radical (unpaired) electrons. The van der Waals surface area contributed by atoms with Gasteiger partial charge in [-0.05, 0) is 24.4 Å². The van der Waals surface area contributed by atoms with Crippen LogP contribution < -0.4 is 0 Å². The highest BCUT2D eigenvalue weighted by molar-refractivity contribution is 7.95. The fourth-order valence-electron chi connectivity index (χ4n) is 1.03. The third-order valence-electron chi connectivity index (χ3n) is 1.97. The molecule has 0 aliphatic heterocycles. The van der Waals surface area contributed by atoms with Gasteiger partial charge in [-0.1, -0.05) is 18.2 Å². The Morgan fingerprint density at radius 3 is 2.17 bits per heavy atom.